The molecule has 0 saturated carbocycles. The second kappa shape index (κ2) is 10.1. The van der Waals surface area contributed by atoms with Gasteiger partial charge in [0, 0.05) is 23.6 Å². The second-order valence-electron chi connectivity index (χ2n) is 6.88. The lowest BCUT2D eigenvalue weighted by Gasteiger charge is -2.25. The van der Waals surface area contributed by atoms with Gasteiger partial charge >= 0.3 is 0 Å². The summed E-state index contributed by atoms with van der Waals surface area (Å²) in [7, 11) is 0. The highest BCUT2D eigenvalue weighted by Crippen LogP contribution is 2.42. The van der Waals surface area contributed by atoms with Gasteiger partial charge in [-0.05, 0) is 49.9 Å². The number of nitrogens with one attached hydrogen (secondary N) is 2. The Kier molecular flexibility index (Phi) is 7.50. The molecule has 1 saturated heterocycles. The van der Waals surface area contributed by atoms with E-state index in [1.807, 2.05) is 44.4 Å². The third-order valence-electron chi connectivity index (χ3n) is 4.62. The van der Waals surface area contributed by atoms with Crippen LogP contribution in [-0.4, -0.2) is 40.8 Å². The third-order valence-corrected chi connectivity index (χ3v) is 6.72. The van der Waals surface area contributed by atoms with Crippen LogP contribution in [0.4, 0.5) is 5.69 Å². The summed E-state index contributed by atoms with van der Waals surface area (Å²) < 4.78 is 5.61. The van der Waals surface area contributed by atoms with E-state index in [2.05, 4.69) is 10.7 Å². The molecule has 3 rings (SSSR count). The molecule has 164 valence electrons. The lowest BCUT2D eigenvalue weighted by Crippen LogP contribution is -2.45. The fourth-order valence-electron chi connectivity index (χ4n) is 3.17. The van der Waals surface area contributed by atoms with Crippen molar-refractivity contribution in [1.82, 2.24) is 10.4 Å². The molecule has 0 unspecified atom stereocenters. The molecule has 31 heavy (non-hydrogen) atoms. The molecule has 2 aromatic rings. The maximum Gasteiger partial charge on any atom is 0.273 e. The largest absolute Gasteiger partial charge is 0.493 e. The van der Waals surface area contributed by atoms with E-state index in [9.17, 15) is 14.4 Å². The molecule has 0 bridgehead atoms. The molecule has 1 aliphatic heterocycles. The van der Waals surface area contributed by atoms with Gasteiger partial charge in [0.2, 0.25) is 5.91 Å². The van der Waals surface area contributed by atoms with Crippen molar-refractivity contribution in [3.05, 3.63) is 53.6 Å². The summed E-state index contributed by atoms with van der Waals surface area (Å²) in [5, 5.41) is 3.46. The van der Waals surface area contributed by atoms with Crippen LogP contribution in [0.5, 0.6) is 5.75 Å². The van der Waals surface area contributed by atoms with Crippen LogP contribution in [0.15, 0.2) is 47.4 Å². The van der Waals surface area contributed by atoms with Crippen LogP contribution in [0.1, 0.15) is 42.1 Å². The lowest BCUT2D eigenvalue weighted by molar-refractivity contribution is -0.132. The highest BCUT2D eigenvalue weighted by molar-refractivity contribution is 8.01. The van der Waals surface area contributed by atoms with Crippen molar-refractivity contribution in [2.75, 3.05) is 18.2 Å². The monoisotopic (exact) mass is 459 g/mol. The van der Waals surface area contributed by atoms with E-state index in [0.29, 0.717) is 18.0 Å². The smallest absolute Gasteiger partial charge is 0.273 e. The normalized spacial score (nSPS) is 18.1. The predicted molar refractivity (Wildman–Crippen MR) is 124 cm³/mol. The Morgan fingerprint density at radius 2 is 1.90 bits per heavy atom. The van der Waals surface area contributed by atoms with Gasteiger partial charge in [-0.15, -0.1) is 23.5 Å². The van der Waals surface area contributed by atoms with E-state index in [0.717, 1.165) is 10.5 Å². The minimum absolute atomic E-state index is 0.162. The minimum atomic E-state index is -0.452. The van der Waals surface area contributed by atoms with Crippen LogP contribution in [0.25, 0.3) is 0 Å². The average Bonchev–Trinajstić information content (AvgIpc) is 3.02. The summed E-state index contributed by atoms with van der Waals surface area (Å²) >= 11 is 3.13. The van der Waals surface area contributed by atoms with Crippen molar-refractivity contribution < 1.29 is 19.1 Å². The maximum absolute atomic E-state index is 13.1. The van der Waals surface area contributed by atoms with Gasteiger partial charge in [0.25, 0.3) is 11.8 Å². The van der Waals surface area contributed by atoms with Crippen LogP contribution in [-0.2, 0) is 9.59 Å². The summed E-state index contributed by atoms with van der Waals surface area (Å²) in [5.41, 5.74) is 4.51. The standard InChI is InChI=1S/C22H25N3O4S2/c1-5-29-19-12-16(23-14(3)26)8-11-18(19)20(27)24-25-21(28)13(2)31-22(25)15-6-9-17(30-4)10-7-15/h6-13,22H,5H2,1-4H3,(H,23,26)(H,24,27)/t13-,22-/m0/s1. The number of nitrogens with zero attached hydrogens (tertiary/aromatic N) is 1. The summed E-state index contributed by atoms with van der Waals surface area (Å²) in [6.07, 6.45) is 2.00. The SMILES string of the molecule is CCOc1cc(NC(C)=O)ccc1C(=O)NN1C(=O)[C@H](C)S[C@H]1c1ccc(SC)cc1. The lowest BCUT2D eigenvalue weighted by atomic mass is 10.1. The van der Waals surface area contributed by atoms with Gasteiger partial charge < -0.3 is 10.1 Å². The zero-order chi connectivity index (χ0) is 22.5. The Morgan fingerprint density at radius 1 is 1.19 bits per heavy atom. The molecule has 7 nitrogen and oxygen atoms in total. The molecule has 1 aliphatic rings. The molecule has 2 N–H and O–H groups in total. The Hall–Kier alpha value is -2.65. The topological polar surface area (TPSA) is 87.7 Å². The fraction of sp³-hybridized carbons (Fsp3) is 0.318. The molecule has 0 aliphatic carbocycles. The number of benzene rings is 2. The maximum atomic E-state index is 13.1. The van der Waals surface area contributed by atoms with Gasteiger partial charge in [0.05, 0.1) is 17.4 Å². The number of thioether (sulfide) groups is 2. The molecule has 2 atom stereocenters. The Balaban J connectivity index is 1.85. The van der Waals surface area contributed by atoms with E-state index >= 15 is 0 Å². The number of ether oxygens (including phenoxy) is 1. The van der Waals surface area contributed by atoms with Gasteiger partial charge in [-0.3, -0.25) is 19.8 Å². The zero-order valence-electron chi connectivity index (χ0n) is 17.8. The van der Waals surface area contributed by atoms with Crippen LogP contribution in [0.3, 0.4) is 0 Å². The minimum Gasteiger partial charge on any atom is -0.493 e. The molecule has 0 aromatic heterocycles. The van der Waals surface area contributed by atoms with E-state index in [1.54, 1.807) is 30.0 Å². The van der Waals surface area contributed by atoms with Crippen molar-refractivity contribution in [3.8, 4) is 5.75 Å². The highest BCUT2D eigenvalue weighted by atomic mass is 32.2. The van der Waals surface area contributed by atoms with Crippen molar-refractivity contribution >= 4 is 46.9 Å². The number of carbonyl (C=O) groups excluding carboxylic acids is 3. The highest BCUT2D eigenvalue weighted by Gasteiger charge is 2.40. The molecule has 1 fully saturated rings. The molecule has 0 spiro atoms. The molecule has 9 heteroatoms. The summed E-state index contributed by atoms with van der Waals surface area (Å²) in [5.74, 6) is -0.500. The fourth-order valence-corrected chi connectivity index (χ4v) is 4.79. The van der Waals surface area contributed by atoms with Crippen LogP contribution >= 0.6 is 23.5 Å². The van der Waals surface area contributed by atoms with Crippen LogP contribution in [0, 0.1) is 0 Å². The van der Waals surface area contributed by atoms with E-state index in [1.165, 1.54) is 23.7 Å². The number of amides is 3. The van der Waals surface area contributed by atoms with Crippen molar-refractivity contribution in [1.29, 1.82) is 0 Å². The Morgan fingerprint density at radius 3 is 2.52 bits per heavy atom. The molecule has 1 heterocycles. The molecular weight excluding hydrogens is 434 g/mol. The first-order chi connectivity index (χ1) is 14.8. The first kappa shape index (κ1) is 23.0. The first-order valence-corrected chi connectivity index (χ1v) is 12.0. The Labute approximate surface area is 190 Å². The van der Waals surface area contributed by atoms with Gasteiger partial charge in [0.1, 0.15) is 11.1 Å². The number of anilines is 1. The average molecular weight is 460 g/mol. The Bertz CT molecular complexity index is 981. The quantitative estimate of drug-likeness (QED) is 0.607. The van der Waals surface area contributed by atoms with E-state index in [4.69, 9.17) is 4.74 Å². The summed E-state index contributed by atoms with van der Waals surface area (Å²) in [6, 6.07) is 12.8. The van der Waals surface area contributed by atoms with Crippen LogP contribution in [0.2, 0.25) is 0 Å². The number of hydrogen-bond acceptors (Lipinski definition) is 6. The molecule has 3 amide bonds. The molecular formula is C22H25N3O4S2. The number of rotatable bonds is 7. The second-order valence-corrected chi connectivity index (χ2v) is 9.18. The van der Waals surface area contributed by atoms with Crippen LogP contribution < -0.4 is 15.5 Å². The summed E-state index contributed by atoms with van der Waals surface area (Å²) in [6.45, 7) is 5.40. The number of carbonyl (C=O) groups is 3. The molecule has 2 aromatic carbocycles. The number of hydrogen-bond donors (Lipinski definition) is 2. The van der Waals surface area contributed by atoms with Gasteiger partial charge in [-0.2, -0.15) is 0 Å². The van der Waals surface area contributed by atoms with Gasteiger partial charge in [-0.1, -0.05) is 12.1 Å². The van der Waals surface area contributed by atoms with Crippen molar-refractivity contribution in [2.24, 2.45) is 0 Å². The van der Waals surface area contributed by atoms with Gasteiger partial charge in [0.15, 0.2) is 0 Å². The zero-order valence-corrected chi connectivity index (χ0v) is 19.4. The number of hydrazine groups is 1. The van der Waals surface area contributed by atoms with Crippen molar-refractivity contribution in [2.45, 2.75) is 36.3 Å². The van der Waals surface area contributed by atoms with Gasteiger partial charge in [-0.25, -0.2) is 5.01 Å². The third kappa shape index (κ3) is 5.34. The predicted octanol–water partition coefficient (Wildman–Crippen LogP) is 4.07. The summed E-state index contributed by atoms with van der Waals surface area (Å²) in [4.78, 5) is 38.3. The van der Waals surface area contributed by atoms with E-state index in [-0.39, 0.29) is 28.0 Å². The van der Waals surface area contributed by atoms with Crippen molar-refractivity contribution in [3.63, 3.8) is 0 Å². The first-order valence-electron chi connectivity index (χ1n) is 9.82. The van der Waals surface area contributed by atoms with E-state index < -0.39 is 5.91 Å². The molecule has 0 radical (unpaired) electrons.